The second-order valence-corrected chi connectivity index (χ2v) is 10.1. The van der Waals surface area contributed by atoms with Crippen LogP contribution >= 0.6 is 0 Å². The van der Waals surface area contributed by atoms with Crippen molar-refractivity contribution in [3.63, 3.8) is 0 Å². The normalized spacial score (nSPS) is 17.0. The molecule has 1 aromatic heterocycles. The third-order valence-corrected chi connectivity index (χ3v) is 6.69. The van der Waals surface area contributed by atoms with Crippen LogP contribution in [0.1, 0.15) is 32.0 Å². The van der Waals surface area contributed by atoms with Crippen molar-refractivity contribution < 1.29 is 18.3 Å². The van der Waals surface area contributed by atoms with E-state index in [1.807, 2.05) is 13.0 Å². The smallest absolute Gasteiger partial charge is 0.408 e. The Morgan fingerprint density at radius 2 is 2.00 bits per heavy atom. The van der Waals surface area contributed by atoms with Gasteiger partial charge in [0.1, 0.15) is 0 Å². The van der Waals surface area contributed by atoms with E-state index in [1.54, 1.807) is 39.0 Å². The second-order valence-electron chi connectivity index (χ2n) is 8.27. The zero-order valence-corrected chi connectivity index (χ0v) is 17.8. The first-order valence-electron chi connectivity index (χ1n) is 9.27. The molecule has 0 fully saturated rings. The summed E-state index contributed by atoms with van der Waals surface area (Å²) >= 11 is 0. The number of aryl methyl sites for hydroxylation is 1. The van der Waals surface area contributed by atoms with Gasteiger partial charge in [-0.25, -0.2) is 13.2 Å². The number of benzene rings is 1. The molecule has 1 aliphatic heterocycles. The lowest BCUT2D eigenvalue weighted by Crippen LogP contribution is -2.58. The molecule has 2 aromatic rings. The number of fused-ring (bicyclic) bond motifs is 1. The van der Waals surface area contributed by atoms with Crippen molar-refractivity contribution >= 4 is 27.5 Å². The Labute approximate surface area is 171 Å². The lowest BCUT2D eigenvalue weighted by Gasteiger charge is -2.44. The number of anilines is 2. The van der Waals surface area contributed by atoms with Gasteiger partial charge < -0.3 is 10.8 Å². The van der Waals surface area contributed by atoms with Crippen molar-refractivity contribution in [1.82, 2.24) is 9.88 Å². The average Bonchev–Trinajstić information content (AvgIpc) is 2.59. The van der Waals surface area contributed by atoms with Crippen LogP contribution in [0.15, 0.2) is 41.4 Å². The maximum absolute atomic E-state index is 13.5. The van der Waals surface area contributed by atoms with E-state index in [1.165, 1.54) is 21.5 Å². The van der Waals surface area contributed by atoms with Gasteiger partial charge in [0.15, 0.2) is 0 Å². The van der Waals surface area contributed by atoms with E-state index in [9.17, 15) is 18.3 Å². The Hall–Kier alpha value is -2.81. The first-order valence-corrected chi connectivity index (χ1v) is 10.7. The molecule has 0 spiro atoms. The van der Waals surface area contributed by atoms with Gasteiger partial charge in [0, 0.05) is 12.0 Å². The van der Waals surface area contributed by atoms with E-state index in [-0.39, 0.29) is 11.4 Å². The minimum absolute atomic E-state index is 0.0159. The van der Waals surface area contributed by atoms with Crippen molar-refractivity contribution in [2.75, 3.05) is 16.6 Å². The number of pyridine rings is 1. The molecule has 0 unspecified atom stereocenters. The number of hydrogen-bond donors (Lipinski definition) is 2. The summed E-state index contributed by atoms with van der Waals surface area (Å²) in [6.07, 6.45) is 0.661. The van der Waals surface area contributed by atoms with E-state index >= 15 is 0 Å². The molecule has 1 aromatic carbocycles. The Morgan fingerprint density at radius 1 is 1.31 bits per heavy atom. The van der Waals surface area contributed by atoms with Gasteiger partial charge in [0.2, 0.25) is 0 Å². The van der Waals surface area contributed by atoms with Crippen LogP contribution in [-0.4, -0.2) is 47.6 Å². The van der Waals surface area contributed by atoms with Gasteiger partial charge >= 0.3 is 6.09 Å². The molecule has 9 heteroatoms. The van der Waals surface area contributed by atoms with Crippen molar-refractivity contribution in [2.45, 2.75) is 50.6 Å². The number of nitrogen functional groups attached to an aromatic ring is 1. The lowest BCUT2D eigenvalue weighted by molar-refractivity contribution is 0.0713. The molecule has 1 aliphatic rings. The fourth-order valence-electron chi connectivity index (χ4n) is 3.74. The average molecular weight is 419 g/mol. The number of nitrogens with two attached hydrogens (primary N) is 1. The maximum Gasteiger partial charge on any atom is 0.408 e. The van der Waals surface area contributed by atoms with Crippen LogP contribution in [0.3, 0.4) is 0 Å². The molecular formula is C20H26N4O4S. The molecule has 2 heterocycles. The SMILES string of the molecule is Cc1cccc(S(=O)(=O)N2C[C@H](N(C(=O)O)C(C)(C)C)Cc3ncc(N)cc32)c1. The molecule has 0 saturated heterocycles. The fourth-order valence-corrected chi connectivity index (χ4v) is 5.37. The quantitative estimate of drug-likeness (QED) is 0.792. The van der Waals surface area contributed by atoms with Crippen LogP contribution in [0.2, 0.25) is 0 Å². The topological polar surface area (TPSA) is 117 Å². The molecule has 1 amide bonds. The Bertz CT molecular complexity index is 1050. The van der Waals surface area contributed by atoms with E-state index < -0.39 is 27.7 Å². The predicted molar refractivity (Wildman–Crippen MR) is 111 cm³/mol. The number of rotatable bonds is 3. The van der Waals surface area contributed by atoms with Gasteiger partial charge in [0.25, 0.3) is 10.0 Å². The summed E-state index contributed by atoms with van der Waals surface area (Å²) < 4.78 is 28.2. The number of nitrogens with zero attached hydrogens (tertiary/aromatic N) is 3. The third kappa shape index (κ3) is 4.00. The molecule has 8 nitrogen and oxygen atoms in total. The van der Waals surface area contributed by atoms with Gasteiger partial charge in [-0.15, -0.1) is 0 Å². The van der Waals surface area contributed by atoms with Crippen LogP contribution in [-0.2, 0) is 16.4 Å². The predicted octanol–water partition coefficient (Wildman–Crippen LogP) is 2.87. The third-order valence-electron chi connectivity index (χ3n) is 4.91. The largest absolute Gasteiger partial charge is 0.465 e. The number of carbonyl (C=O) groups is 1. The molecule has 0 radical (unpaired) electrons. The van der Waals surface area contributed by atoms with Crippen LogP contribution in [0, 0.1) is 6.92 Å². The standard InChI is InChI=1S/C20H26N4O4S/c1-13-6-5-7-16(8-13)29(27,28)23-12-15(24(19(25)26)20(2,3)4)10-17-18(23)9-14(21)11-22-17/h5-9,11,15H,10,12,21H2,1-4H3,(H,25,26)/t15-/m1/s1. The van der Waals surface area contributed by atoms with Crippen LogP contribution in [0.5, 0.6) is 0 Å². The summed E-state index contributed by atoms with van der Waals surface area (Å²) in [5.41, 5.74) is 7.22. The van der Waals surface area contributed by atoms with E-state index in [0.717, 1.165) is 5.56 Å². The van der Waals surface area contributed by atoms with Crippen molar-refractivity contribution in [1.29, 1.82) is 0 Å². The molecule has 29 heavy (non-hydrogen) atoms. The number of amides is 1. The summed E-state index contributed by atoms with van der Waals surface area (Å²) in [4.78, 5) is 17.8. The molecule has 3 rings (SSSR count). The van der Waals surface area contributed by atoms with E-state index in [2.05, 4.69) is 4.98 Å². The Kier molecular flexibility index (Phi) is 5.20. The molecule has 0 bridgehead atoms. The van der Waals surface area contributed by atoms with Crippen LogP contribution in [0.25, 0.3) is 0 Å². The fraction of sp³-hybridized carbons (Fsp3) is 0.400. The first kappa shape index (κ1) is 20.9. The van der Waals surface area contributed by atoms with Gasteiger partial charge in [0.05, 0.1) is 40.7 Å². The first-order chi connectivity index (χ1) is 13.4. The van der Waals surface area contributed by atoms with Crippen molar-refractivity contribution in [2.24, 2.45) is 0 Å². The summed E-state index contributed by atoms with van der Waals surface area (Å²) in [6, 6.07) is 7.61. The number of aromatic nitrogens is 1. The maximum atomic E-state index is 13.5. The Morgan fingerprint density at radius 3 is 2.59 bits per heavy atom. The molecule has 0 saturated carbocycles. The molecular weight excluding hydrogens is 392 g/mol. The monoisotopic (exact) mass is 418 g/mol. The van der Waals surface area contributed by atoms with Gasteiger partial charge in [-0.1, -0.05) is 12.1 Å². The lowest BCUT2D eigenvalue weighted by atomic mass is 9.97. The highest BCUT2D eigenvalue weighted by atomic mass is 32.2. The van der Waals surface area contributed by atoms with Gasteiger partial charge in [-0.05, 0) is 51.5 Å². The minimum Gasteiger partial charge on any atom is -0.465 e. The van der Waals surface area contributed by atoms with E-state index in [0.29, 0.717) is 23.5 Å². The zero-order valence-electron chi connectivity index (χ0n) is 17.0. The number of hydrogen-bond acceptors (Lipinski definition) is 5. The highest BCUT2D eigenvalue weighted by Gasteiger charge is 2.41. The van der Waals surface area contributed by atoms with Crippen LogP contribution < -0.4 is 10.0 Å². The molecule has 1 atom stereocenters. The molecule has 156 valence electrons. The van der Waals surface area contributed by atoms with Crippen molar-refractivity contribution in [3.05, 3.63) is 47.8 Å². The summed E-state index contributed by atoms with van der Waals surface area (Å²) in [6.45, 7) is 7.15. The highest BCUT2D eigenvalue weighted by molar-refractivity contribution is 7.92. The van der Waals surface area contributed by atoms with Crippen molar-refractivity contribution in [3.8, 4) is 0 Å². The van der Waals surface area contributed by atoms with Gasteiger partial charge in [-0.3, -0.25) is 14.2 Å². The minimum atomic E-state index is -3.93. The Balaban J connectivity index is 2.15. The summed E-state index contributed by atoms with van der Waals surface area (Å²) in [5, 5.41) is 9.81. The number of carboxylic acid groups (broad SMARTS) is 1. The number of sulfonamides is 1. The van der Waals surface area contributed by atoms with E-state index in [4.69, 9.17) is 5.73 Å². The molecule has 3 N–H and O–H groups in total. The summed E-state index contributed by atoms with van der Waals surface area (Å²) in [7, 11) is -3.93. The van der Waals surface area contributed by atoms with Gasteiger partial charge in [-0.2, -0.15) is 0 Å². The zero-order chi connectivity index (χ0) is 21.6. The molecule has 0 aliphatic carbocycles. The van der Waals surface area contributed by atoms with Crippen LogP contribution in [0.4, 0.5) is 16.2 Å². The summed E-state index contributed by atoms with van der Waals surface area (Å²) in [5.74, 6) is 0. The second kappa shape index (κ2) is 7.22. The highest BCUT2D eigenvalue weighted by Crippen LogP contribution is 2.35.